The number of anilines is 1. The van der Waals surface area contributed by atoms with E-state index in [1.165, 1.54) is 0 Å². The Kier molecular flexibility index (Phi) is 3.89. The topological polar surface area (TPSA) is 35.8 Å². The van der Waals surface area contributed by atoms with Crippen LogP contribution in [-0.2, 0) is 0 Å². The molecule has 1 atom stereocenters. The van der Waals surface area contributed by atoms with Gasteiger partial charge in [0, 0.05) is 6.54 Å². The van der Waals surface area contributed by atoms with Gasteiger partial charge in [-0.1, -0.05) is 6.07 Å². The van der Waals surface area contributed by atoms with Gasteiger partial charge in [-0.2, -0.15) is 18.4 Å². The van der Waals surface area contributed by atoms with Crippen LogP contribution < -0.4 is 5.32 Å². The molecule has 0 aliphatic carbocycles. The van der Waals surface area contributed by atoms with Crippen molar-refractivity contribution in [3.63, 3.8) is 0 Å². The van der Waals surface area contributed by atoms with Gasteiger partial charge < -0.3 is 5.32 Å². The quantitative estimate of drug-likeness (QED) is 0.837. The number of halogens is 5. The molecule has 0 amide bonds. The Labute approximate surface area is 93.7 Å². The van der Waals surface area contributed by atoms with Crippen LogP contribution in [0.25, 0.3) is 0 Å². The van der Waals surface area contributed by atoms with E-state index in [0.717, 1.165) is 24.3 Å². The van der Waals surface area contributed by atoms with Gasteiger partial charge in [-0.25, -0.2) is 8.78 Å². The maximum atomic E-state index is 13.1. The van der Waals surface area contributed by atoms with Crippen LogP contribution in [0.4, 0.5) is 27.6 Å². The van der Waals surface area contributed by atoms with E-state index >= 15 is 0 Å². The maximum absolute atomic E-state index is 13.1. The zero-order chi connectivity index (χ0) is 13.1. The second-order valence-corrected chi connectivity index (χ2v) is 3.21. The third-order valence-corrected chi connectivity index (χ3v) is 2.00. The molecule has 0 heterocycles. The van der Waals surface area contributed by atoms with Crippen LogP contribution in [0.3, 0.4) is 0 Å². The Balaban J connectivity index is 2.74. The van der Waals surface area contributed by atoms with Crippen LogP contribution >= 0.6 is 0 Å². The average Bonchev–Trinajstić information content (AvgIpc) is 2.23. The summed E-state index contributed by atoms with van der Waals surface area (Å²) >= 11 is 0. The number of hydrogen-bond acceptors (Lipinski definition) is 2. The van der Waals surface area contributed by atoms with Crippen molar-refractivity contribution < 1.29 is 22.0 Å². The molecule has 1 aromatic carbocycles. The fourth-order valence-electron chi connectivity index (χ4n) is 1.09. The monoisotopic (exact) mass is 250 g/mol. The van der Waals surface area contributed by atoms with Crippen LogP contribution in [0.5, 0.6) is 0 Å². The molecule has 2 nitrogen and oxygen atoms in total. The number of rotatable bonds is 3. The third-order valence-electron chi connectivity index (χ3n) is 2.00. The molecule has 7 heteroatoms. The van der Waals surface area contributed by atoms with Crippen molar-refractivity contribution in [1.29, 1.82) is 5.26 Å². The van der Waals surface area contributed by atoms with Crippen molar-refractivity contribution in [2.24, 2.45) is 5.92 Å². The van der Waals surface area contributed by atoms with Crippen molar-refractivity contribution in [2.75, 3.05) is 11.9 Å². The van der Waals surface area contributed by atoms with E-state index in [4.69, 9.17) is 5.26 Å². The van der Waals surface area contributed by atoms with Gasteiger partial charge >= 0.3 is 6.18 Å². The lowest BCUT2D eigenvalue weighted by Gasteiger charge is -2.15. The Bertz CT molecular complexity index is 435. The first-order chi connectivity index (χ1) is 7.86. The lowest BCUT2D eigenvalue weighted by Crippen LogP contribution is -2.28. The number of alkyl halides is 3. The molecule has 1 rings (SSSR count). The van der Waals surface area contributed by atoms with Crippen LogP contribution in [0, 0.1) is 28.9 Å². The molecule has 0 saturated heterocycles. The van der Waals surface area contributed by atoms with E-state index in [0.29, 0.717) is 0 Å². The zero-order valence-corrected chi connectivity index (χ0v) is 8.35. The minimum absolute atomic E-state index is 0.408. The lowest BCUT2D eigenvalue weighted by molar-refractivity contribution is -0.155. The highest BCUT2D eigenvalue weighted by Gasteiger charge is 2.39. The summed E-state index contributed by atoms with van der Waals surface area (Å²) in [4.78, 5) is 0. The van der Waals surface area contributed by atoms with Crippen molar-refractivity contribution >= 4 is 5.69 Å². The van der Waals surface area contributed by atoms with E-state index in [1.807, 2.05) is 0 Å². The summed E-state index contributed by atoms with van der Waals surface area (Å²) < 4.78 is 62.3. The van der Waals surface area contributed by atoms with Gasteiger partial charge in [0.15, 0.2) is 17.6 Å². The standard InChI is InChI=1S/C10H7F5N2/c11-7-2-1-3-8(9(7)12)17-5-6(4-16)10(13,14)15/h1-3,6,17H,5H2. The summed E-state index contributed by atoms with van der Waals surface area (Å²) in [5, 5.41) is 10.3. The molecular formula is C10H7F5N2. The first-order valence-electron chi connectivity index (χ1n) is 4.50. The number of hydrogen-bond donors (Lipinski definition) is 1. The van der Waals surface area contributed by atoms with Crippen LogP contribution in [-0.4, -0.2) is 12.7 Å². The fraction of sp³-hybridized carbons (Fsp3) is 0.300. The normalized spacial score (nSPS) is 12.9. The SMILES string of the molecule is N#CC(CNc1cccc(F)c1F)C(F)(F)F. The molecular weight excluding hydrogens is 243 g/mol. The van der Waals surface area contributed by atoms with Crippen molar-refractivity contribution in [3.8, 4) is 6.07 Å². The zero-order valence-electron chi connectivity index (χ0n) is 8.35. The summed E-state index contributed by atoms with van der Waals surface area (Å²) in [5.41, 5.74) is -0.408. The maximum Gasteiger partial charge on any atom is 0.406 e. The molecule has 1 N–H and O–H groups in total. The van der Waals surface area contributed by atoms with Gasteiger partial charge in [0.1, 0.15) is 0 Å². The van der Waals surface area contributed by atoms with Gasteiger partial charge in [-0.3, -0.25) is 0 Å². The van der Waals surface area contributed by atoms with Gasteiger partial charge in [0.05, 0.1) is 11.8 Å². The molecule has 0 fully saturated rings. The summed E-state index contributed by atoms with van der Waals surface area (Å²) in [6.07, 6.45) is -4.70. The van der Waals surface area contributed by atoms with Gasteiger partial charge in [0.25, 0.3) is 0 Å². The van der Waals surface area contributed by atoms with Crippen LogP contribution in [0.1, 0.15) is 0 Å². The molecule has 0 saturated carbocycles. The van der Waals surface area contributed by atoms with Gasteiger partial charge in [0.2, 0.25) is 0 Å². The Morgan fingerprint density at radius 2 is 1.94 bits per heavy atom. The minimum atomic E-state index is -4.70. The Morgan fingerprint density at radius 3 is 2.47 bits per heavy atom. The summed E-state index contributed by atoms with van der Waals surface area (Å²) in [5.74, 6) is -4.72. The minimum Gasteiger partial charge on any atom is -0.381 e. The second-order valence-electron chi connectivity index (χ2n) is 3.21. The molecule has 0 aliphatic rings. The Morgan fingerprint density at radius 1 is 1.29 bits per heavy atom. The number of nitrogens with zero attached hydrogens (tertiary/aromatic N) is 1. The summed E-state index contributed by atoms with van der Waals surface area (Å²) in [6.45, 7) is -0.833. The largest absolute Gasteiger partial charge is 0.406 e. The van der Waals surface area contributed by atoms with E-state index in [1.54, 1.807) is 0 Å². The molecule has 0 radical (unpaired) electrons. The number of benzene rings is 1. The first-order valence-corrected chi connectivity index (χ1v) is 4.50. The predicted molar refractivity (Wildman–Crippen MR) is 50.0 cm³/mol. The van der Waals surface area contributed by atoms with Crippen molar-refractivity contribution in [2.45, 2.75) is 6.18 Å². The van der Waals surface area contributed by atoms with E-state index < -0.39 is 36.0 Å². The third kappa shape index (κ3) is 3.31. The van der Waals surface area contributed by atoms with Crippen LogP contribution in [0.15, 0.2) is 18.2 Å². The van der Waals surface area contributed by atoms with E-state index in [2.05, 4.69) is 5.32 Å². The fourth-order valence-corrected chi connectivity index (χ4v) is 1.09. The van der Waals surface area contributed by atoms with Gasteiger partial charge in [-0.05, 0) is 12.1 Å². The molecule has 0 aliphatic heterocycles. The Hall–Kier alpha value is -1.84. The smallest absolute Gasteiger partial charge is 0.381 e. The summed E-state index contributed by atoms with van der Waals surface area (Å²) in [6, 6.07) is 4.12. The molecule has 1 aromatic rings. The highest BCUT2D eigenvalue weighted by atomic mass is 19.4. The second kappa shape index (κ2) is 4.99. The lowest BCUT2D eigenvalue weighted by atomic mass is 10.1. The number of nitriles is 1. The van der Waals surface area contributed by atoms with E-state index in [-0.39, 0.29) is 0 Å². The molecule has 0 bridgehead atoms. The highest BCUT2D eigenvalue weighted by molar-refractivity contribution is 5.45. The molecule has 0 spiro atoms. The predicted octanol–water partition coefficient (Wildman–Crippen LogP) is 3.08. The first kappa shape index (κ1) is 13.2. The van der Waals surface area contributed by atoms with Crippen molar-refractivity contribution in [3.05, 3.63) is 29.8 Å². The van der Waals surface area contributed by atoms with Crippen LogP contribution in [0.2, 0.25) is 0 Å². The van der Waals surface area contributed by atoms with E-state index in [9.17, 15) is 22.0 Å². The summed E-state index contributed by atoms with van der Waals surface area (Å²) in [7, 11) is 0. The molecule has 0 aromatic heterocycles. The van der Waals surface area contributed by atoms with Crippen molar-refractivity contribution in [1.82, 2.24) is 0 Å². The average molecular weight is 250 g/mol. The van der Waals surface area contributed by atoms with Gasteiger partial charge in [-0.15, -0.1) is 0 Å². The highest BCUT2D eigenvalue weighted by Crippen LogP contribution is 2.26. The molecule has 17 heavy (non-hydrogen) atoms. The number of nitrogens with one attached hydrogen (secondary N) is 1. The molecule has 92 valence electrons. The molecule has 1 unspecified atom stereocenters.